The second-order valence-corrected chi connectivity index (χ2v) is 9.86. The first kappa shape index (κ1) is 23.0. The second kappa shape index (κ2) is 8.48. The van der Waals surface area contributed by atoms with Crippen LogP contribution in [0, 0.1) is 11.6 Å². The van der Waals surface area contributed by atoms with Crippen LogP contribution in [0.1, 0.15) is 45.2 Å². The monoisotopic (exact) mass is 480 g/mol. The number of carbonyl (C=O) groups excluding carboxylic acids is 1. The lowest BCUT2D eigenvalue weighted by Crippen LogP contribution is -2.41. The molecule has 0 unspecified atom stereocenters. The minimum absolute atomic E-state index is 0.0264. The molecular weight excluding hydrogens is 454 g/mol. The fourth-order valence-electron chi connectivity index (χ4n) is 4.73. The molecule has 1 fully saturated rings. The van der Waals surface area contributed by atoms with Crippen LogP contribution in [0.5, 0.6) is 0 Å². The summed E-state index contributed by atoms with van der Waals surface area (Å²) in [5.74, 6) is -1.41. The summed E-state index contributed by atoms with van der Waals surface area (Å²) in [4.78, 5) is 29.6. The van der Waals surface area contributed by atoms with Crippen LogP contribution >= 0.6 is 0 Å². The quantitative estimate of drug-likeness (QED) is 0.426. The lowest BCUT2D eigenvalue weighted by atomic mass is 9.93. The number of aromatic amines is 1. The van der Waals surface area contributed by atoms with E-state index in [-0.39, 0.29) is 23.1 Å². The van der Waals surface area contributed by atoms with Gasteiger partial charge in [0, 0.05) is 30.6 Å². The molecule has 2 aromatic heterocycles. The zero-order valence-corrected chi connectivity index (χ0v) is 19.8. The van der Waals surface area contributed by atoms with E-state index in [1.807, 2.05) is 20.8 Å². The molecule has 3 heterocycles. The SMILES string of the molecule is CC(C)(C)OC(=O)N1CCC(c2cc(=O)[nH]c3c4c(-c5c(F)cccc5F)cccc4nn23)CC1. The Bertz CT molecular complexity index is 1470. The molecule has 1 aliphatic heterocycles. The Labute approximate surface area is 200 Å². The normalized spacial score (nSPS) is 15.2. The van der Waals surface area contributed by atoms with Gasteiger partial charge in [-0.05, 0) is 51.8 Å². The van der Waals surface area contributed by atoms with Crippen LogP contribution in [0.15, 0.2) is 47.3 Å². The number of nitrogens with zero attached hydrogens (tertiary/aromatic N) is 3. The van der Waals surface area contributed by atoms with E-state index in [0.717, 1.165) is 0 Å². The minimum Gasteiger partial charge on any atom is -0.444 e. The van der Waals surface area contributed by atoms with Crippen molar-refractivity contribution in [1.29, 1.82) is 0 Å². The van der Waals surface area contributed by atoms with Gasteiger partial charge >= 0.3 is 6.09 Å². The van der Waals surface area contributed by atoms with Crippen molar-refractivity contribution in [3.8, 4) is 11.1 Å². The third-order valence-electron chi connectivity index (χ3n) is 6.26. The second-order valence-electron chi connectivity index (χ2n) is 9.86. The van der Waals surface area contributed by atoms with Crippen molar-refractivity contribution in [2.24, 2.45) is 0 Å². The number of fused-ring (bicyclic) bond motifs is 3. The highest BCUT2D eigenvalue weighted by Crippen LogP contribution is 2.36. The summed E-state index contributed by atoms with van der Waals surface area (Å²) in [7, 11) is 0. The number of benzene rings is 2. The molecular formula is C26H26F2N4O3. The van der Waals surface area contributed by atoms with Crippen molar-refractivity contribution >= 4 is 22.6 Å². The molecule has 1 aliphatic rings. The number of amides is 1. The number of halogens is 2. The third-order valence-corrected chi connectivity index (χ3v) is 6.26. The van der Waals surface area contributed by atoms with Gasteiger partial charge in [-0.25, -0.2) is 18.1 Å². The van der Waals surface area contributed by atoms with Crippen molar-refractivity contribution in [2.75, 3.05) is 13.1 Å². The summed E-state index contributed by atoms with van der Waals surface area (Å²) in [6, 6.07) is 10.3. The van der Waals surface area contributed by atoms with Crippen molar-refractivity contribution in [1.82, 2.24) is 19.5 Å². The zero-order chi connectivity index (χ0) is 24.9. The predicted molar refractivity (Wildman–Crippen MR) is 128 cm³/mol. The number of piperidine rings is 1. The number of aromatic nitrogens is 3. The molecule has 1 amide bonds. The highest BCUT2D eigenvalue weighted by molar-refractivity contribution is 6.04. The summed E-state index contributed by atoms with van der Waals surface area (Å²) in [5, 5.41) is 5.15. The Morgan fingerprint density at radius 1 is 1.09 bits per heavy atom. The Morgan fingerprint density at radius 2 is 1.74 bits per heavy atom. The number of hydrogen-bond donors (Lipinski definition) is 1. The maximum atomic E-state index is 14.6. The van der Waals surface area contributed by atoms with Crippen molar-refractivity contribution in [3.05, 3.63) is 70.1 Å². The Kier molecular flexibility index (Phi) is 5.57. The molecule has 1 saturated heterocycles. The molecule has 4 aromatic rings. The fourth-order valence-corrected chi connectivity index (χ4v) is 4.73. The Balaban J connectivity index is 1.56. The maximum absolute atomic E-state index is 14.6. The molecule has 0 atom stereocenters. The number of likely N-dealkylation sites (tertiary alicyclic amines) is 1. The summed E-state index contributed by atoms with van der Waals surface area (Å²) < 4.78 is 36.4. The molecule has 35 heavy (non-hydrogen) atoms. The Morgan fingerprint density at radius 3 is 2.40 bits per heavy atom. The van der Waals surface area contributed by atoms with Gasteiger partial charge in [-0.1, -0.05) is 18.2 Å². The molecule has 9 heteroatoms. The summed E-state index contributed by atoms with van der Waals surface area (Å²) in [6.07, 6.45) is 0.902. The lowest BCUT2D eigenvalue weighted by Gasteiger charge is -2.33. The fraction of sp³-hybridized carbons (Fsp3) is 0.346. The minimum atomic E-state index is -0.690. The molecule has 7 nitrogen and oxygen atoms in total. The first-order valence-electron chi connectivity index (χ1n) is 11.6. The molecule has 0 aliphatic carbocycles. The number of carbonyl (C=O) groups is 1. The van der Waals surface area contributed by atoms with E-state index in [4.69, 9.17) is 4.74 Å². The van der Waals surface area contributed by atoms with Gasteiger partial charge in [0.15, 0.2) is 0 Å². The average Bonchev–Trinajstić information content (AvgIpc) is 3.16. The molecule has 2 aromatic carbocycles. The van der Waals surface area contributed by atoms with Crippen LogP contribution in [-0.2, 0) is 4.74 Å². The smallest absolute Gasteiger partial charge is 0.410 e. The van der Waals surface area contributed by atoms with E-state index < -0.39 is 17.2 Å². The molecule has 182 valence electrons. The van der Waals surface area contributed by atoms with Crippen LogP contribution in [0.2, 0.25) is 0 Å². The topological polar surface area (TPSA) is 79.7 Å². The molecule has 0 bridgehead atoms. The van der Waals surface area contributed by atoms with Crippen LogP contribution in [0.3, 0.4) is 0 Å². The highest BCUT2D eigenvalue weighted by Gasteiger charge is 2.29. The van der Waals surface area contributed by atoms with Crippen LogP contribution in [0.4, 0.5) is 13.6 Å². The van der Waals surface area contributed by atoms with E-state index in [2.05, 4.69) is 10.1 Å². The molecule has 1 N–H and O–H groups in total. The van der Waals surface area contributed by atoms with E-state index in [1.54, 1.807) is 27.6 Å². The van der Waals surface area contributed by atoms with Crippen molar-refractivity contribution in [3.63, 3.8) is 0 Å². The van der Waals surface area contributed by atoms with Gasteiger partial charge < -0.3 is 14.6 Å². The average molecular weight is 481 g/mol. The Hall–Kier alpha value is -3.75. The van der Waals surface area contributed by atoms with E-state index in [0.29, 0.717) is 53.7 Å². The first-order valence-corrected chi connectivity index (χ1v) is 11.6. The summed E-state index contributed by atoms with van der Waals surface area (Å²) >= 11 is 0. The van der Waals surface area contributed by atoms with Gasteiger partial charge in [-0.2, -0.15) is 5.10 Å². The van der Waals surface area contributed by atoms with Gasteiger partial charge in [0.25, 0.3) is 5.56 Å². The molecule has 5 rings (SSSR count). The molecule has 0 radical (unpaired) electrons. The van der Waals surface area contributed by atoms with E-state index >= 15 is 0 Å². The number of hydrogen-bond acceptors (Lipinski definition) is 4. The number of ether oxygens (including phenoxy) is 1. The highest BCUT2D eigenvalue weighted by atomic mass is 19.1. The van der Waals surface area contributed by atoms with Crippen molar-refractivity contribution in [2.45, 2.75) is 45.1 Å². The summed E-state index contributed by atoms with van der Waals surface area (Å²) in [6.45, 7) is 6.46. The third kappa shape index (κ3) is 4.26. The number of nitrogens with one attached hydrogen (secondary N) is 1. The molecule has 0 spiro atoms. The number of rotatable bonds is 2. The van der Waals surface area contributed by atoms with Crippen LogP contribution < -0.4 is 5.56 Å². The molecule has 0 saturated carbocycles. The first-order chi connectivity index (χ1) is 16.6. The van der Waals surface area contributed by atoms with E-state index in [1.165, 1.54) is 24.3 Å². The van der Waals surface area contributed by atoms with Crippen LogP contribution in [-0.4, -0.2) is 44.3 Å². The van der Waals surface area contributed by atoms with Gasteiger partial charge in [0.1, 0.15) is 22.9 Å². The number of H-pyrrole nitrogens is 1. The summed E-state index contributed by atoms with van der Waals surface area (Å²) in [5.41, 5.74) is 0.856. The van der Waals surface area contributed by atoms with Gasteiger partial charge in [0.2, 0.25) is 0 Å². The van der Waals surface area contributed by atoms with Gasteiger partial charge in [-0.3, -0.25) is 4.79 Å². The predicted octanol–water partition coefficient (Wildman–Crippen LogP) is 5.24. The maximum Gasteiger partial charge on any atom is 0.410 e. The van der Waals surface area contributed by atoms with Gasteiger partial charge in [-0.15, -0.1) is 0 Å². The zero-order valence-electron chi connectivity index (χ0n) is 19.8. The van der Waals surface area contributed by atoms with Crippen LogP contribution in [0.25, 0.3) is 27.7 Å². The lowest BCUT2D eigenvalue weighted by molar-refractivity contribution is 0.0203. The van der Waals surface area contributed by atoms with Crippen molar-refractivity contribution < 1.29 is 18.3 Å². The van der Waals surface area contributed by atoms with Gasteiger partial charge in [0.05, 0.1) is 22.2 Å². The van der Waals surface area contributed by atoms with E-state index in [9.17, 15) is 18.4 Å². The standard InChI is InChI=1S/C26H26F2N4O3/c1-26(2,3)35-25(34)31-12-10-15(11-13-31)20-14-21(33)29-24-23-16(6-4-9-19(23)30-32(20)24)22-17(27)7-5-8-18(22)28/h4-9,14-15H,10-13H2,1-3H3,(H,29,33). The largest absolute Gasteiger partial charge is 0.444 e.